The van der Waals surface area contributed by atoms with Crippen molar-refractivity contribution in [1.29, 1.82) is 0 Å². The van der Waals surface area contributed by atoms with Crippen LogP contribution in [-0.4, -0.2) is 0 Å². The second-order valence-corrected chi connectivity index (χ2v) is 14.6. The van der Waals surface area contributed by atoms with Crippen molar-refractivity contribution in [3.8, 4) is 33.4 Å². The summed E-state index contributed by atoms with van der Waals surface area (Å²) in [5, 5.41) is 2.55. The lowest BCUT2D eigenvalue weighted by Crippen LogP contribution is -2.18. The van der Waals surface area contributed by atoms with Crippen molar-refractivity contribution in [2.75, 3.05) is 4.90 Å². The van der Waals surface area contributed by atoms with Crippen LogP contribution in [0.25, 0.3) is 44.2 Å². The standard InChI is InChI=1S/C47H39N/c1-30-28-32(35-19-12-15-31-14-6-7-16-34(31)35)24-27-43(30)48(33-25-26-37-36-17-8-10-20-39(36)47(4,5)42(37)29-33)44-23-13-22-41-45(44)38-18-9-11-21-40(38)46(41,2)3/h6-29H,1-5H3. The molecule has 9 rings (SSSR count). The van der Waals surface area contributed by atoms with Gasteiger partial charge >= 0.3 is 0 Å². The van der Waals surface area contributed by atoms with Crippen LogP contribution < -0.4 is 4.90 Å². The zero-order chi connectivity index (χ0) is 32.8. The minimum atomic E-state index is -0.0892. The molecule has 0 atom stereocenters. The Morgan fingerprint density at radius 3 is 1.85 bits per heavy atom. The first kappa shape index (κ1) is 28.8. The van der Waals surface area contributed by atoms with E-state index in [0.29, 0.717) is 0 Å². The molecule has 1 nitrogen and oxygen atoms in total. The van der Waals surface area contributed by atoms with Gasteiger partial charge in [0.05, 0.1) is 5.69 Å². The highest BCUT2D eigenvalue weighted by atomic mass is 15.1. The van der Waals surface area contributed by atoms with E-state index in [0.717, 1.165) is 0 Å². The second-order valence-electron chi connectivity index (χ2n) is 14.6. The molecule has 0 fully saturated rings. The van der Waals surface area contributed by atoms with Crippen LogP contribution in [0.1, 0.15) is 55.5 Å². The Balaban J connectivity index is 1.28. The molecule has 232 valence electrons. The number of nitrogens with zero attached hydrogens (tertiary/aromatic N) is 1. The molecule has 1 heteroatoms. The molecule has 7 aromatic carbocycles. The van der Waals surface area contributed by atoms with Crippen molar-refractivity contribution in [2.45, 2.75) is 45.4 Å². The molecule has 48 heavy (non-hydrogen) atoms. The average Bonchev–Trinajstić information content (AvgIpc) is 3.49. The topological polar surface area (TPSA) is 3.24 Å². The summed E-state index contributed by atoms with van der Waals surface area (Å²) < 4.78 is 0. The molecule has 0 saturated heterocycles. The number of hydrogen-bond acceptors (Lipinski definition) is 1. The maximum absolute atomic E-state index is 2.53. The maximum atomic E-state index is 2.53. The Hall–Kier alpha value is -5.40. The van der Waals surface area contributed by atoms with E-state index in [1.807, 2.05) is 0 Å². The van der Waals surface area contributed by atoms with Gasteiger partial charge < -0.3 is 4.90 Å². The Labute approximate surface area is 284 Å². The van der Waals surface area contributed by atoms with Crippen LogP contribution in [0.3, 0.4) is 0 Å². The van der Waals surface area contributed by atoms with Gasteiger partial charge in [0, 0.05) is 27.8 Å². The number of aryl methyl sites for hydroxylation is 1. The molecule has 2 aliphatic carbocycles. The number of benzene rings is 7. The lowest BCUT2D eigenvalue weighted by Gasteiger charge is -2.31. The molecular formula is C47H39N. The minimum Gasteiger partial charge on any atom is -0.310 e. The van der Waals surface area contributed by atoms with Crippen LogP contribution in [-0.2, 0) is 10.8 Å². The van der Waals surface area contributed by atoms with E-state index in [4.69, 9.17) is 0 Å². The fraction of sp³-hybridized carbons (Fsp3) is 0.149. The van der Waals surface area contributed by atoms with Crippen molar-refractivity contribution in [1.82, 2.24) is 0 Å². The number of anilines is 3. The van der Waals surface area contributed by atoms with Crippen LogP contribution in [0.15, 0.2) is 146 Å². The Morgan fingerprint density at radius 2 is 1.04 bits per heavy atom. The lowest BCUT2D eigenvalue weighted by molar-refractivity contribution is 0.660. The SMILES string of the molecule is Cc1cc(-c2cccc3ccccc23)ccc1N(c1ccc2c(c1)C(C)(C)c1ccccc1-2)c1cccc2c1-c1ccccc1C2(C)C. The molecule has 0 heterocycles. The van der Waals surface area contributed by atoms with Gasteiger partial charge in [0.2, 0.25) is 0 Å². The zero-order valence-electron chi connectivity index (χ0n) is 28.3. The summed E-state index contributed by atoms with van der Waals surface area (Å²) >= 11 is 0. The summed E-state index contributed by atoms with van der Waals surface area (Å²) in [6.07, 6.45) is 0. The van der Waals surface area contributed by atoms with E-state index >= 15 is 0 Å². The van der Waals surface area contributed by atoms with Crippen molar-refractivity contribution in [3.63, 3.8) is 0 Å². The minimum absolute atomic E-state index is 0.0809. The molecule has 0 unspecified atom stereocenters. The molecule has 0 amide bonds. The first-order valence-electron chi connectivity index (χ1n) is 17.1. The van der Waals surface area contributed by atoms with E-state index in [-0.39, 0.29) is 10.8 Å². The largest absolute Gasteiger partial charge is 0.310 e. The molecule has 2 aliphatic rings. The van der Waals surface area contributed by atoms with E-state index < -0.39 is 0 Å². The summed E-state index contributed by atoms with van der Waals surface area (Å²) in [4.78, 5) is 2.53. The lowest BCUT2D eigenvalue weighted by atomic mass is 9.82. The third kappa shape index (κ3) is 4.04. The van der Waals surface area contributed by atoms with E-state index in [2.05, 4.69) is 185 Å². The van der Waals surface area contributed by atoms with Crippen LogP contribution in [0, 0.1) is 6.92 Å². The summed E-state index contributed by atoms with van der Waals surface area (Å²) in [7, 11) is 0. The Kier molecular flexibility index (Phi) is 6.18. The molecule has 0 aliphatic heterocycles. The molecule has 0 spiro atoms. The van der Waals surface area contributed by atoms with Crippen molar-refractivity contribution >= 4 is 27.8 Å². The fourth-order valence-corrected chi connectivity index (χ4v) is 8.71. The highest BCUT2D eigenvalue weighted by Gasteiger charge is 2.39. The van der Waals surface area contributed by atoms with Gasteiger partial charge in [-0.25, -0.2) is 0 Å². The molecule has 7 aromatic rings. The van der Waals surface area contributed by atoms with E-state index in [1.54, 1.807) is 0 Å². The number of hydrogen-bond donors (Lipinski definition) is 0. The predicted octanol–water partition coefficient (Wildman–Crippen LogP) is 12.9. The summed E-state index contributed by atoms with van der Waals surface area (Å²) in [5.74, 6) is 0. The average molecular weight is 618 g/mol. The Bertz CT molecular complexity index is 2420. The molecule has 0 N–H and O–H groups in total. The quantitative estimate of drug-likeness (QED) is 0.190. The normalized spacial score (nSPS) is 14.7. The zero-order valence-corrected chi connectivity index (χ0v) is 28.3. The van der Waals surface area contributed by atoms with Crippen molar-refractivity contribution in [2.24, 2.45) is 0 Å². The first-order valence-corrected chi connectivity index (χ1v) is 17.1. The van der Waals surface area contributed by atoms with E-state index in [1.165, 1.54) is 89.0 Å². The molecule has 0 bridgehead atoms. The van der Waals surface area contributed by atoms with Gasteiger partial charge in [0.25, 0.3) is 0 Å². The number of fused-ring (bicyclic) bond motifs is 7. The van der Waals surface area contributed by atoms with Crippen LogP contribution in [0.2, 0.25) is 0 Å². The highest BCUT2D eigenvalue weighted by Crippen LogP contribution is 2.56. The summed E-state index contributed by atoms with van der Waals surface area (Å²) in [6, 6.07) is 54.3. The summed E-state index contributed by atoms with van der Waals surface area (Å²) in [6.45, 7) is 11.7. The highest BCUT2D eigenvalue weighted by molar-refractivity contribution is 5.99. The van der Waals surface area contributed by atoms with Gasteiger partial charge in [-0.05, 0) is 104 Å². The first-order chi connectivity index (χ1) is 23.2. The van der Waals surface area contributed by atoms with Crippen LogP contribution in [0.4, 0.5) is 17.1 Å². The van der Waals surface area contributed by atoms with Gasteiger partial charge in [-0.2, -0.15) is 0 Å². The van der Waals surface area contributed by atoms with Gasteiger partial charge in [0.15, 0.2) is 0 Å². The third-order valence-electron chi connectivity index (χ3n) is 11.2. The van der Waals surface area contributed by atoms with E-state index in [9.17, 15) is 0 Å². The maximum Gasteiger partial charge on any atom is 0.0543 e. The molecule has 0 saturated carbocycles. The second kappa shape index (κ2) is 10.3. The molecule has 0 radical (unpaired) electrons. The third-order valence-corrected chi connectivity index (χ3v) is 11.2. The Morgan fingerprint density at radius 1 is 0.438 bits per heavy atom. The smallest absolute Gasteiger partial charge is 0.0543 e. The predicted molar refractivity (Wildman–Crippen MR) is 204 cm³/mol. The van der Waals surface area contributed by atoms with Crippen molar-refractivity contribution in [3.05, 3.63) is 173 Å². The summed E-state index contributed by atoms with van der Waals surface area (Å²) in [5.41, 5.74) is 18.1. The molecular weight excluding hydrogens is 579 g/mol. The monoisotopic (exact) mass is 617 g/mol. The van der Waals surface area contributed by atoms with Gasteiger partial charge in [-0.3, -0.25) is 0 Å². The van der Waals surface area contributed by atoms with Gasteiger partial charge in [0.1, 0.15) is 0 Å². The van der Waals surface area contributed by atoms with Gasteiger partial charge in [-0.1, -0.05) is 143 Å². The molecule has 0 aromatic heterocycles. The fourth-order valence-electron chi connectivity index (χ4n) is 8.71. The van der Waals surface area contributed by atoms with Gasteiger partial charge in [-0.15, -0.1) is 0 Å². The van der Waals surface area contributed by atoms with Crippen molar-refractivity contribution < 1.29 is 0 Å². The van der Waals surface area contributed by atoms with Crippen LogP contribution >= 0.6 is 0 Å². The number of rotatable bonds is 4. The van der Waals surface area contributed by atoms with Crippen LogP contribution in [0.5, 0.6) is 0 Å².